The summed E-state index contributed by atoms with van der Waals surface area (Å²) in [6, 6.07) is 4.07. The minimum absolute atomic E-state index is 0.0901. The van der Waals surface area contributed by atoms with E-state index in [4.69, 9.17) is 14.2 Å². The quantitative estimate of drug-likeness (QED) is 0.854. The van der Waals surface area contributed by atoms with Crippen LogP contribution in [0.15, 0.2) is 16.6 Å². The lowest BCUT2D eigenvalue weighted by atomic mass is 10.1. The van der Waals surface area contributed by atoms with Gasteiger partial charge in [0, 0.05) is 10.9 Å². The van der Waals surface area contributed by atoms with Gasteiger partial charge in [-0.15, -0.1) is 0 Å². The number of ether oxygens (including phenoxy) is 3. The van der Waals surface area contributed by atoms with E-state index in [0.717, 1.165) is 16.6 Å². The lowest BCUT2D eigenvalue weighted by Crippen LogP contribution is -2.12. The summed E-state index contributed by atoms with van der Waals surface area (Å²) in [5.41, 5.74) is 2.38. The van der Waals surface area contributed by atoms with E-state index in [-0.39, 0.29) is 6.29 Å². The van der Waals surface area contributed by atoms with Crippen LogP contribution in [0.3, 0.4) is 0 Å². The van der Waals surface area contributed by atoms with Crippen LogP contribution < -0.4 is 4.74 Å². The maximum Gasteiger partial charge on any atom is 0.161 e. The molecule has 0 N–H and O–H groups in total. The third-order valence-electron chi connectivity index (χ3n) is 2.72. The number of rotatable bonds is 4. The first-order valence-electron chi connectivity index (χ1n) is 5.79. The van der Waals surface area contributed by atoms with E-state index < -0.39 is 0 Å². The molecule has 2 rings (SSSR count). The zero-order chi connectivity index (χ0) is 12.3. The first-order chi connectivity index (χ1) is 8.16. The molecule has 1 heterocycles. The highest BCUT2D eigenvalue weighted by Crippen LogP contribution is 2.26. The number of hydrogen-bond acceptors (Lipinski definition) is 3. The fraction of sp³-hybridized carbons (Fsp3) is 0.538. The fourth-order valence-corrected chi connectivity index (χ4v) is 2.07. The zero-order valence-corrected chi connectivity index (χ0v) is 11.7. The van der Waals surface area contributed by atoms with E-state index in [1.165, 1.54) is 11.1 Å². The van der Waals surface area contributed by atoms with Crippen molar-refractivity contribution in [1.82, 2.24) is 0 Å². The Hall–Kier alpha value is -0.580. The lowest BCUT2D eigenvalue weighted by Gasteiger charge is -2.12. The highest BCUT2D eigenvalue weighted by atomic mass is 79.9. The molecule has 0 radical (unpaired) electrons. The van der Waals surface area contributed by atoms with Gasteiger partial charge in [-0.05, 0) is 37.1 Å². The largest absolute Gasteiger partial charge is 0.493 e. The van der Waals surface area contributed by atoms with Crippen molar-refractivity contribution in [2.45, 2.75) is 26.6 Å². The topological polar surface area (TPSA) is 27.7 Å². The number of halogens is 1. The van der Waals surface area contributed by atoms with Crippen molar-refractivity contribution >= 4 is 15.9 Å². The van der Waals surface area contributed by atoms with Crippen molar-refractivity contribution in [2.24, 2.45) is 0 Å². The summed E-state index contributed by atoms with van der Waals surface area (Å²) in [5, 5.41) is 0. The van der Waals surface area contributed by atoms with E-state index in [1.54, 1.807) is 0 Å². The molecule has 3 nitrogen and oxygen atoms in total. The Morgan fingerprint density at radius 1 is 1.24 bits per heavy atom. The van der Waals surface area contributed by atoms with Crippen LogP contribution in [0.2, 0.25) is 0 Å². The van der Waals surface area contributed by atoms with Crippen LogP contribution in [0.5, 0.6) is 5.75 Å². The van der Waals surface area contributed by atoms with Crippen molar-refractivity contribution in [3.05, 3.63) is 27.7 Å². The SMILES string of the molecule is Cc1cc(OCCC2OCCO2)cc(C)c1Br. The normalized spacial score (nSPS) is 16.4. The summed E-state index contributed by atoms with van der Waals surface area (Å²) in [5.74, 6) is 0.904. The molecule has 0 saturated carbocycles. The molecule has 0 aromatic heterocycles. The molecular formula is C13H17BrO3. The molecular weight excluding hydrogens is 284 g/mol. The molecule has 0 spiro atoms. The Bertz CT molecular complexity index is 363. The maximum atomic E-state index is 5.70. The van der Waals surface area contributed by atoms with Crippen LogP contribution in [-0.2, 0) is 9.47 Å². The van der Waals surface area contributed by atoms with Crippen molar-refractivity contribution < 1.29 is 14.2 Å². The highest BCUT2D eigenvalue weighted by Gasteiger charge is 2.15. The van der Waals surface area contributed by atoms with Crippen LogP contribution in [0.25, 0.3) is 0 Å². The van der Waals surface area contributed by atoms with Gasteiger partial charge in [0.2, 0.25) is 0 Å². The minimum atomic E-state index is -0.0901. The lowest BCUT2D eigenvalue weighted by molar-refractivity contribution is -0.0531. The maximum absolute atomic E-state index is 5.70. The Kier molecular flexibility index (Phi) is 4.42. The van der Waals surface area contributed by atoms with Gasteiger partial charge in [0.25, 0.3) is 0 Å². The van der Waals surface area contributed by atoms with E-state index in [1.807, 2.05) is 12.1 Å². The molecule has 1 aliphatic rings. The zero-order valence-electron chi connectivity index (χ0n) is 10.2. The molecule has 17 heavy (non-hydrogen) atoms. The highest BCUT2D eigenvalue weighted by molar-refractivity contribution is 9.10. The Labute approximate surface area is 110 Å². The summed E-state index contributed by atoms with van der Waals surface area (Å²) >= 11 is 3.54. The van der Waals surface area contributed by atoms with Crippen LogP contribution in [0.1, 0.15) is 17.5 Å². The van der Waals surface area contributed by atoms with Gasteiger partial charge >= 0.3 is 0 Å². The van der Waals surface area contributed by atoms with Gasteiger partial charge in [0.05, 0.1) is 19.8 Å². The first kappa shape index (κ1) is 12.9. The summed E-state index contributed by atoms with van der Waals surface area (Å²) < 4.78 is 17.5. The van der Waals surface area contributed by atoms with Crippen LogP contribution in [-0.4, -0.2) is 26.1 Å². The Morgan fingerprint density at radius 3 is 2.41 bits per heavy atom. The molecule has 94 valence electrons. The molecule has 1 saturated heterocycles. The molecule has 0 bridgehead atoms. The van der Waals surface area contributed by atoms with Crippen LogP contribution in [0.4, 0.5) is 0 Å². The minimum Gasteiger partial charge on any atom is -0.493 e. The molecule has 4 heteroatoms. The monoisotopic (exact) mass is 300 g/mol. The van der Waals surface area contributed by atoms with Gasteiger partial charge in [-0.3, -0.25) is 0 Å². The molecule has 0 atom stereocenters. The molecule has 1 aliphatic heterocycles. The summed E-state index contributed by atoms with van der Waals surface area (Å²) in [6.07, 6.45) is 0.682. The third kappa shape index (κ3) is 3.44. The molecule has 1 aromatic carbocycles. The molecule has 1 fully saturated rings. The van der Waals surface area contributed by atoms with E-state index in [9.17, 15) is 0 Å². The third-order valence-corrected chi connectivity index (χ3v) is 3.97. The van der Waals surface area contributed by atoms with Crippen molar-refractivity contribution in [3.8, 4) is 5.75 Å². The van der Waals surface area contributed by atoms with E-state index in [2.05, 4.69) is 29.8 Å². The smallest absolute Gasteiger partial charge is 0.161 e. The number of benzene rings is 1. The van der Waals surface area contributed by atoms with E-state index in [0.29, 0.717) is 19.8 Å². The van der Waals surface area contributed by atoms with Gasteiger partial charge < -0.3 is 14.2 Å². The van der Waals surface area contributed by atoms with Crippen molar-refractivity contribution in [2.75, 3.05) is 19.8 Å². The second-order valence-corrected chi connectivity index (χ2v) is 4.97. The van der Waals surface area contributed by atoms with Crippen LogP contribution in [0, 0.1) is 13.8 Å². The Balaban J connectivity index is 1.86. The molecule has 0 amide bonds. The predicted octanol–water partition coefficient (Wildman–Crippen LogP) is 3.21. The second kappa shape index (κ2) is 5.85. The summed E-state index contributed by atoms with van der Waals surface area (Å²) in [7, 11) is 0. The van der Waals surface area contributed by atoms with Gasteiger partial charge in [0.1, 0.15) is 5.75 Å². The molecule has 0 aliphatic carbocycles. The second-order valence-electron chi connectivity index (χ2n) is 4.18. The Morgan fingerprint density at radius 2 is 1.82 bits per heavy atom. The first-order valence-corrected chi connectivity index (χ1v) is 6.59. The van der Waals surface area contributed by atoms with E-state index >= 15 is 0 Å². The molecule has 0 unspecified atom stereocenters. The fourth-order valence-electron chi connectivity index (χ4n) is 1.84. The van der Waals surface area contributed by atoms with Gasteiger partial charge in [0.15, 0.2) is 6.29 Å². The summed E-state index contributed by atoms with van der Waals surface area (Å²) in [6.45, 7) is 6.13. The van der Waals surface area contributed by atoms with Crippen LogP contribution >= 0.6 is 15.9 Å². The average Bonchev–Trinajstić information content (AvgIpc) is 2.79. The molecule has 1 aromatic rings. The van der Waals surface area contributed by atoms with Gasteiger partial charge in [-0.1, -0.05) is 15.9 Å². The predicted molar refractivity (Wildman–Crippen MR) is 69.4 cm³/mol. The van der Waals surface area contributed by atoms with Crippen molar-refractivity contribution in [1.29, 1.82) is 0 Å². The van der Waals surface area contributed by atoms with Gasteiger partial charge in [-0.2, -0.15) is 0 Å². The van der Waals surface area contributed by atoms with Gasteiger partial charge in [-0.25, -0.2) is 0 Å². The number of aryl methyl sites for hydroxylation is 2. The summed E-state index contributed by atoms with van der Waals surface area (Å²) in [4.78, 5) is 0. The standard InChI is InChI=1S/C13H17BrO3/c1-9-7-11(8-10(2)13(9)14)15-4-3-12-16-5-6-17-12/h7-8,12H,3-6H2,1-2H3. The average molecular weight is 301 g/mol. The number of hydrogen-bond donors (Lipinski definition) is 0. The van der Waals surface area contributed by atoms with Crippen molar-refractivity contribution in [3.63, 3.8) is 0 Å².